The van der Waals surface area contributed by atoms with Crippen molar-refractivity contribution >= 4 is 34.5 Å². The molecule has 2 aromatic rings. The number of H-pyrrole nitrogens is 1. The molecule has 1 aromatic carbocycles. The van der Waals surface area contributed by atoms with Gasteiger partial charge in [0.1, 0.15) is 17.4 Å². The second-order valence-corrected chi connectivity index (χ2v) is 6.82. The van der Waals surface area contributed by atoms with Crippen LogP contribution in [0.1, 0.15) is 31.5 Å². The lowest BCUT2D eigenvalue weighted by atomic mass is 10.2. The molecule has 2 aliphatic rings. The normalized spacial score (nSPS) is 18.9. The van der Waals surface area contributed by atoms with Crippen molar-refractivity contribution in [2.75, 3.05) is 6.54 Å². The SMILES string of the molecule is N#C/C(=C(\O)CN1C(=O)C(=O)N(C2CCCC2)C1=O)c1nc2ccccc2[nH]1. The number of amides is 4. The average molecular weight is 379 g/mol. The van der Waals surface area contributed by atoms with Crippen LogP contribution in [0.3, 0.4) is 0 Å². The summed E-state index contributed by atoms with van der Waals surface area (Å²) in [7, 11) is 0. The third-order valence-corrected chi connectivity index (χ3v) is 5.11. The number of rotatable bonds is 4. The molecule has 1 saturated carbocycles. The number of para-hydroxylation sites is 2. The number of hydrogen-bond acceptors (Lipinski definition) is 6. The molecule has 142 valence electrons. The Morgan fingerprint density at radius 3 is 2.61 bits per heavy atom. The van der Waals surface area contributed by atoms with Gasteiger partial charge >= 0.3 is 17.8 Å². The molecule has 4 rings (SSSR count). The highest BCUT2D eigenvalue weighted by Crippen LogP contribution is 2.28. The number of hydrogen-bond donors (Lipinski definition) is 2. The Hall–Kier alpha value is -3.67. The van der Waals surface area contributed by atoms with E-state index in [0.29, 0.717) is 28.8 Å². The largest absolute Gasteiger partial charge is 0.509 e. The molecule has 28 heavy (non-hydrogen) atoms. The van der Waals surface area contributed by atoms with Crippen molar-refractivity contribution in [1.29, 1.82) is 5.26 Å². The van der Waals surface area contributed by atoms with Gasteiger partial charge in [-0.3, -0.25) is 14.5 Å². The molecule has 9 heteroatoms. The Bertz CT molecular complexity index is 1020. The molecular weight excluding hydrogens is 362 g/mol. The number of imide groups is 2. The topological polar surface area (TPSA) is 130 Å². The summed E-state index contributed by atoms with van der Waals surface area (Å²) in [6.07, 6.45) is 3.13. The number of urea groups is 1. The zero-order chi connectivity index (χ0) is 19.8. The Balaban J connectivity index is 1.62. The highest BCUT2D eigenvalue weighted by molar-refractivity contribution is 6.44. The van der Waals surface area contributed by atoms with Crippen molar-refractivity contribution in [2.24, 2.45) is 0 Å². The maximum atomic E-state index is 12.6. The first-order chi connectivity index (χ1) is 13.5. The number of aromatic nitrogens is 2. The highest BCUT2D eigenvalue weighted by Gasteiger charge is 2.48. The van der Waals surface area contributed by atoms with Gasteiger partial charge in [-0.2, -0.15) is 5.26 Å². The second-order valence-electron chi connectivity index (χ2n) is 6.82. The zero-order valence-electron chi connectivity index (χ0n) is 14.9. The Morgan fingerprint density at radius 2 is 1.93 bits per heavy atom. The van der Waals surface area contributed by atoms with Gasteiger partial charge in [0, 0.05) is 6.04 Å². The quantitative estimate of drug-likeness (QED) is 0.362. The third kappa shape index (κ3) is 2.79. The lowest BCUT2D eigenvalue weighted by Crippen LogP contribution is -2.40. The number of imidazole rings is 1. The molecule has 2 fully saturated rings. The van der Waals surface area contributed by atoms with Crippen LogP contribution in [0.5, 0.6) is 0 Å². The Labute approximate surface area is 159 Å². The molecule has 0 bridgehead atoms. The van der Waals surface area contributed by atoms with Gasteiger partial charge < -0.3 is 10.1 Å². The van der Waals surface area contributed by atoms with E-state index in [2.05, 4.69) is 9.97 Å². The van der Waals surface area contributed by atoms with Crippen LogP contribution in [0.4, 0.5) is 4.79 Å². The first kappa shape index (κ1) is 17.7. The maximum absolute atomic E-state index is 12.6. The minimum atomic E-state index is -0.995. The van der Waals surface area contributed by atoms with Crippen LogP contribution in [0, 0.1) is 11.3 Å². The van der Waals surface area contributed by atoms with E-state index in [1.807, 2.05) is 6.07 Å². The summed E-state index contributed by atoms with van der Waals surface area (Å²) in [5.74, 6) is -2.26. The zero-order valence-corrected chi connectivity index (χ0v) is 14.9. The lowest BCUT2D eigenvalue weighted by Gasteiger charge is -2.21. The van der Waals surface area contributed by atoms with Gasteiger partial charge in [0.2, 0.25) is 0 Å². The summed E-state index contributed by atoms with van der Waals surface area (Å²) in [5.41, 5.74) is 1.09. The molecule has 1 aliphatic heterocycles. The fourth-order valence-electron chi connectivity index (χ4n) is 3.70. The number of aliphatic hydroxyl groups is 1. The predicted octanol–water partition coefficient (Wildman–Crippen LogP) is 2.09. The van der Waals surface area contributed by atoms with Gasteiger partial charge in [-0.25, -0.2) is 14.7 Å². The van der Waals surface area contributed by atoms with Crippen molar-refractivity contribution in [3.05, 3.63) is 35.8 Å². The number of aromatic amines is 1. The average Bonchev–Trinajstić information content (AvgIpc) is 3.39. The van der Waals surface area contributed by atoms with Crippen molar-refractivity contribution in [3.8, 4) is 6.07 Å². The van der Waals surface area contributed by atoms with E-state index in [1.54, 1.807) is 24.3 Å². The summed E-state index contributed by atoms with van der Waals surface area (Å²) >= 11 is 0. The molecule has 0 unspecified atom stereocenters. The predicted molar refractivity (Wildman–Crippen MR) is 97.5 cm³/mol. The van der Waals surface area contributed by atoms with Crippen LogP contribution in [0.25, 0.3) is 16.6 Å². The molecule has 1 aromatic heterocycles. The number of carbonyl (C=O) groups is 3. The van der Waals surface area contributed by atoms with E-state index in [9.17, 15) is 24.8 Å². The Morgan fingerprint density at radius 1 is 1.21 bits per heavy atom. The van der Waals surface area contributed by atoms with Crippen LogP contribution in [-0.4, -0.2) is 55.3 Å². The molecule has 2 heterocycles. The number of fused-ring (bicyclic) bond motifs is 1. The summed E-state index contributed by atoms with van der Waals surface area (Å²) < 4.78 is 0. The van der Waals surface area contributed by atoms with E-state index >= 15 is 0 Å². The van der Waals surface area contributed by atoms with Crippen molar-refractivity contribution in [2.45, 2.75) is 31.7 Å². The number of benzene rings is 1. The number of nitrogens with zero attached hydrogens (tertiary/aromatic N) is 4. The van der Waals surface area contributed by atoms with E-state index in [4.69, 9.17) is 0 Å². The molecule has 0 radical (unpaired) electrons. The van der Waals surface area contributed by atoms with E-state index in [-0.39, 0.29) is 17.4 Å². The molecule has 0 atom stereocenters. The van der Waals surface area contributed by atoms with Crippen LogP contribution in [0.2, 0.25) is 0 Å². The van der Waals surface area contributed by atoms with Crippen molar-refractivity contribution < 1.29 is 19.5 Å². The van der Waals surface area contributed by atoms with Crippen LogP contribution in [-0.2, 0) is 9.59 Å². The van der Waals surface area contributed by atoms with Gasteiger partial charge in [0.15, 0.2) is 5.82 Å². The third-order valence-electron chi connectivity index (χ3n) is 5.11. The molecule has 1 aliphatic carbocycles. The maximum Gasteiger partial charge on any atom is 0.334 e. The molecule has 0 spiro atoms. The van der Waals surface area contributed by atoms with Gasteiger partial charge in [0.05, 0.1) is 17.6 Å². The van der Waals surface area contributed by atoms with E-state index < -0.39 is 30.1 Å². The molecule has 1 saturated heterocycles. The number of nitriles is 1. The molecular formula is C19H17N5O4. The monoisotopic (exact) mass is 379 g/mol. The number of aliphatic hydroxyl groups excluding tert-OH is 1. The van der Waals surface area contributed by atoms with Gasteiger partial charge in [-0.05, 0) is 25.0 Å². The standard InChI is InChI=1S/C19H17N5O4/c20-9-12(16-21-13-7-3-4-8-14(13)22-16)15(25)10-23-17(26)18(27)24(19(23)28)11-5-1-2-6-11/h3-4,7-8,11,25H,1-2,5-6,10H2,(H,21,22)/b15-12+. The Kier molecular flexibility index (Phi) is 4.31. The number of nitrogens with one attached hydrogen (secondary N) is 1. The van der Waals surface area contributed by atoms with Crippen molar-refractivity contribution in [3.63, 3.8) is 0 Å². The summed E-state index contributed by atoms with van der Waals surface area (Å²) in [6, 6.07) is 7.90. The van der Waals surface area contributed by atoms with Gasteiger partial charge in [-0.1, -0.05) is 25.0 Å². The smallest absolute Gasteiger partial charge is 0.334 e. The van der Waals surface area contributed by atoms with Crippen LogP contribution < -0.4 is 0 Å². The summed E-state index contributed by atoms with van der Waals surface area (Å²) in [5, 5.41) is 19.9. The molecule has 2 N–H and O–H groups in total. The van der Waals surface area contributed by atoms with E-state index in [1.165, 1.54) is 0 Å². The van der Waals surface area contributed by atoms with Crippen LogP contribution in [0.15, 0.2) is 30.0 Å². The second kappa shape index (κ2) is 6.81. The van der Waals surface area contributed by atoms with Crippen LogP contribution >= 0.6 is 0 Å². The van der Waals surface area contributed by atoms with Crippen molar-refractivity contribution in [1.82, 2.24) is 19.8 Å². The fraction of sp³-hybridized carbons (Fsp3) is 0.316. The minimum Gasteiger partial charge on any atom is -0.509 e. The first-order valence-electron chi connectivity index (χ1n) is 8.97. The van der Waals surface area contributed by atoms with Gasteiger partial charge in [0.25, 0.3) is 0 Å². The molecule has 9 nitrogen and oxygen atoms in total. The number of carbonyl (C=O) groups excluding carboxylic acids is 3. The van der Waals surface area contributed by atoms with E-state index in [0.717, 1.165) is 17.7 Å². The summed E-state index contributed by atoms with van der Waals surface area (Å²) in [4.78, 5) is 46.0. The minimum absolute atomic E-state index is 0.124. The number of allylic oxidation sites excluding steroid dienone is 1. The lowest BCUT2D eigenvalue weighted by molar-refractivity contribution is -0.143. The molecule has 4 amide bonds. The summed E-state index contributed by atoms with van der Waals surface area (Å²) in [6.45, 7) is -0.563. The van der Waals surface area contributed by atoms with Gasteiger partial charge in [-0.15, -0.1) is 0 Å². The highest BCUT2D eigenvalue weighted by atomic mass is 16.3. The fourth-order valence-corrected chi connectivity index (χ4v) is 3.70. The first-order valence-corrected chi connectivity index (χ1v) is 8.97.